The Labute approximate surface area is 130 Å². The zero-order valence-electron chi connectivity index (χ0n) is 12.7. The van der Waals surface area contributed by atoms with E-state index in [-0.39, 0.29) is 0 Å². The van der Waals surface area contributed by atoms with Gasteiger partial charge in [0.25, 0.3) is 0 Å². The van der Waals surface area contributed by atoms with Gasteiger partial charge in [-0.25, -0.2) is 9.18 Å². The highest BCUT2D eigenvalue weighted by Crippen LogP contribution is 2.33. The molecule has 4 atom stereocenters. The van der Waals surface area contributed by atoms with E-state index in [9.17, 15) is 18.8 Å². The number of hydrogen-bond acceptors (Lipinski definition) is 8. The summed E-state index contributed by atoms with van der Waals surface area (Å²) in [6.07, 6.45) is -3.17. The van der Waals surface area contributed by atoms with Crippen molar-refractivity contribution >= 4 is 17.8 Å². The van der Waals surface area contributed by atoms with E-state index in [1.807, 2.05) is 0 Å². The van der Waals surface area contributed by atoms with Crippen molar-refractivity contribution in [3.63, 3.8) is 0 Å². The Morgan fingerprint density at radius 1 is 1.30 bits per heavy atom. The summed E-state index contributed by atoms with van der Waals surface area (Å²) in [4.78, 5) is 37.8. The molecule has 0 spiro atoms. The van der Waals surface area contributed by atoms with Crippen molar-refractivity contribution in [1.82, 2.24) is 9.55 Å². The average Bonchev–Trinajstić information content (AvgIpc) is 2.70. The van der Waals surface area contributed by atoms with Gasteiger partial charge in [-0.15, -0.1) is 0 Å². The number of halogens is 1. The first kappa shape index (κ1) is 16.9. The number of nitrogens with zero attached hydrogens (tertiary/aromatic N) is 2. The van der Waals surface area contributed by atoms with Crippen LogP contribution in [0.1, 0.15) is 27.0 Å². The van der Waals surface area contributed by atoms with E-state index < -0.39 is 53.8 Å². The third-order valence-electron chi connectivity index (χ3n) is 3.23. The van der Waals surface area contributed by atoms with Crippen LogP contribution in [-0.2, 0) is 23.8 Å². The second kappa shape index (κ2) is 6.32. The van der Waals surface area contributed by atoms with Crippen LogP contribution in [0.4, 0.5) is 10.2 Å². The number of hydrogen-bond donors (Lipinski definition) is 1. The van der Waals surface area contributed by atoms with Crippen molar-refractivity contribution in [1.29, 1.82) is 0 Å². The quantitative estimate of drug-likeness (QED) is 0.753. The summed E-state index contributed by atoms with van der Waals surface area (Å²) in [6, 6.07) is 0. The fraction of sp³-hybridized carbons (Fsp3) is 0.538. The maximum Gasteiger partial charge on any atom is 0.351 e. The standard InChI is InChI=1S/C13H16FN3O6/c1-5-9(22-6(2)18)10(23-7(3)19)12(21-5)17-4-8(14)11(15)16-13(17)20/h4-5,9-10,12H,1-3H3,(H2,15,16,20)/t5-,9?,10-,12-/m1/s1. The van der Waals surface area contributed by atoms with Gasteiger partial charge in [-0.2, -0.15) is 4.98 Å². The molecule has 2 N–H and O–H groups in total. The van der Waals surface area contributed by atoms with Crippen molar-refractivity contribution in [2.75, 3.05) is 5.73 Å². The summed E-state index contributed by atoms with van der Waals surface area (Å²) >= 11 is 0. The second-order valence-electron chi connectivity index (χ2n) is 5.04. The molecule has 2 rings (SSSR count). The molecule has 0 aromatic carbocycles. The molecular weight excluding hydrogens is 313 g/mol. The van der Waals surface area contributed by atoms with Crippen molar-refractivity contribution in [3.05, 3.63) is 22.5 Å². The number of ether oxygens (including phenoxy) is 3. The van der Waals surface area contributed by atoms with Crippen LogP contribution in [0.3, 0.4) is 0 Å². The Morgan fingerprint density at radius 3 is 2.43 bits per heavy atom. The molecule has 1 aliphatic heterocycles. The Bertz CT molecular complexity index is 691. The number of nitrogen functional groups attached to an aromatic ring is 1. The zero-order valence-corrected chi connectivity index (χ0v) is 12.7. The lowest BCUT2D eigenvalue weighted by molar-refractivity contribution is -0.165. The number of aromatic nitrogens is 2. The fourth-order valence-electron chi connectivity index (χ4n) is 2.34. The van der Waals surface area contributed by atoms with E-state index >= 15 is 0 Å². The summed E-state index contributed by atoms with van der Waals surface area (Å²) in [6.45, 7) is 3.90. The predicted molar refractivity (Wildman–Crippen MR) is 73.6 cm³/mol. The van der Waals surface area contributed by atoms with Crippen molar-refractivity contribution in [3.8, 4) is 0 Å². The molecule has 0 saturated carbocycles. The van der Waals surface area contributed by atoms with Gasteiger partial charge in [-0.3, -0.25) is 14.2 Å². The van der Waals surface area contributed by atoms with Crippen LogP contribution >= 0.6 is 0 Å². The van der Waals surface area contributed by atoms with Crippen LogP contribution in [-0.4, -0.2) is 39.8 Å². The Hall–Kier alpha value is -2.49. The maximum atomic E-state index is 13.6. The first-order valence-corrected chi connectivity index (χ1v) is 6.74. The smallest absolute Gasteiger partial charge is 0.351 e. The number of rotatable bonds is 3. The van der Waals surface area contributed by atoms with Gasteiger partial charge in [0.1, 0.15) is 0 Å². The summed E-state index contributed by atoms with van der Waals surface area (Å²) < 4.78 is 30.1. The van der Waals surface area contributed by atoms with Gasteiger partial charge >= 0.3 is 17.6 Å². The minimum atomic E-state index is -1.20. The lowest BCUT2D eigenvalue weighted by Crippen LogP contribution is -2.40. The summed E-state index contributed by atoms with van der Waals surface area (Å²) in [7, 11) is 0. The number of nitrogens with two attached hydrogens (primary N) is 1. The van der Waals surface area contributed by atoms with Crippen LogP contribution in [0.2, 0.25) is 0 Å². The summed E-state index contributed by atoms with van der Waals surface area (Å²) in [5.74, 6) is -2.78. The number of esters is 2. The first-order valence-electron chi connectivity index (χ1n) is 6.74. The van der Waals surface area contributed by atoms with Gasteiger partial charge in [-0.05, 0) is 6.92 Å². The van der Waals surface area contributed by atoms with Crippen LogP contribution in [0.25, 0.3) is 0 Å². The SMILES string of the molecule is CC(=O)OC1[C@@H](OC(C)=O)[C@H](n2cc(F)c(N)nc2=O)O[C@@H]1C. The molecule has 1 fully saturated rings. The van der Waals surface area contributed by atoms with E-state index in [4.69, 9.17) is 19.9 Å². The lowest BCUT2D eigenvalue weighted by Gasteiger charge is -2.23. The third-order valence-corrected chi connectivity index (χ3v) is 3.23. The fourth-order valence-corrected chi connectivity index (χ4v) is 2.34. The van der Waals surface area contributed by atoms with Crippen LogP contribution in [0, 0.1) is 5.82 Å². The third kappa shape index (κ3) is 3.47. The van der Waals surface area contributed by atoms with E-state index in [1.54, 1.807) is 6.92 Å². The van der Waals surface area contributed by atoms with Crippen LogP contribution in [0.15, 0.2) is 11.0 Å². The van der Waals surface area contributed by atoms with Gasteiger partial charge in [0.05, 0.1) is 12.3 Å². The Balaban J connectivity index is 2.43. The average molecular weight is 329 g/mol. The molecule has 1 saturated heterocycles. The number of carbonyl (C=O) groups is 2. The van der Waals surface area contributed by atoms with E-state index in [2.05, 4.69) is 4.98 Å². The monoisotopic (exact) mass is 329 g/mol. The highest BCUT2D eigenvalue weighted by molar-refractivity contribution is 5.67. The lowest BCUT2D eigenvalue weighted by atomic mass is 10.1. The molecule has 10 heteroatoms. The zero-order chi connectivity index (χ0) is 17.3. The number of anilines is 1. The molecule has 9 nitrogen and oxygen atoms in total. The van der Waals surface area contributed by atoms with Gasteiger partial charge in [0.2, 0.25) is 0 Å². The molecule has 0 aliphatic carbocycles. The molecule has 0 radical (unpaired) electrons. The van der Waals surface area contributed by atoms with Gasteiger partial charge in [0.15, 0.2) is 30.1 Å². The van der Waals surface area contributed by atoms with Crippen molar-refractivity contribution < 1.29 is 28.2 Å². The molecule has 2 heterocycles. The maximum absolute atomic E-state index is 13.6. The Kier molecular flexibility index (Phi) is 4.64. The molecule has 0 amide bonds. The highest BCUT2D eigenvalue weighted by atomic mass is 19.1. The topological polar surface area (TPSA) is 123 Å². The molecular formula is C13H16FN3O6. The van der Waals surface area contributed by atoms with E-state index in [1.165, 1.54) is 6.92 Å². The minimum absolute atomic E-state index is 0.558. The summed E-state index contributed by atoms with van der Waals surface area (Å²) in [5, 5.41) is 0. The van der Waals surface area contributed by atoms with Crippen molar-refractivity contribution in [2.24, 2.45) is 0 Å². The largest absolute Gasteiger partial charge is 0.456 e. The van der Waals surface area contributed by atoms with Gasteiger partial charge in [-0.1, -0.05) is 0 Å². The molecule has 126 valence electrons. The van der Waals surface area contributed by atoms with Gasteiger partial charge < -0.3 is 19.9 Å². The molecule has 1 unspecified atom stereocenters. The minimum Gasteiger partial charge on any atom is -0.456 e. The van der Waals surface area contributed by atoms with Gasteiger partial charge in [0, 0.05) is 13.8 Å². The highest BCUT2D eigenvalue weighted by Gasteiger charge is 2.48. The Morgan fingerprint density at radius 2 is 1.87 bits per heavy atom. The normalized spacial score (nSPS) is 26.8. The molecule has 1 aromatic heterocycles. The molecule has 1 aromatic rings. The van der Waals surface area contributed by atoms with E-state index in [0.29, 0.717) is 0 Å². The molecule has 0 bridgehead atoms. The van der Waals surface area contributed by atoms with Crippen molar-refractivity contribution in [2.45, 2.75) is 45.3 Å². The summed E-state index contributed by atoms with van der Waals surface area (Å²) in [5.41, 5.74) is 4.34. The first-order chi connectivity index (χ1) is 10.7. The van der Waals surface area contributed by atoms with Crippen LogP contribution in [0.5, 0.6) is 0 Å². The predicted octanol–water partition coefficient (Wildman–Crippen LogP) is -0.255. The number of carbonyl (C=O) groups excluding carboxylic acids is 2. The van der Waals surface area contributed by atoms with Crippen LogP contribution < -0.4 is 11.4 Å². The second-order valence-corrected chi connectivity index (χ2v) is 5.04. The van der Waals surface area contributed by atoms with E-state index in [0.717, 1.165) is 17.7 Å². The molecule has 23 heavy (non-hydrogen) atoms. The molecule has 1 aliphatic rings.